The minimum Gasteiger partial charge on any atom is -0.396 e. The normalized spacial score (nSPS) is 12.8. The van der Waals surface area contributed by atoms with Crippen molar-refractivity contribution < 1.29 is 9.90 Å². The summed E-state index contributed by atoms with van der Waals surface area (Å²) in [5, 5.41) is 13.6. The first-order chi connectivity index (χ1) is 9.51. The molecular formula is C15H19ClN2O2. The van der Waals surface area contributed by atoms with Crippen molar-refractivity contribution in [2.75, 3.05) is 6.61 Å². The molecule has 3 N–H and O–H groups in total. The number of hydrogen-bond donors (Lipinski definition) is 3. The molecule has 1 unspecified atom stereocenters. The Hall–Kier alpha value is -1.52. The van der Waals surface area contributed by atoms with Crippen molar-refractivity contribution in [3.05, 3.63) is 35.0 Å². The van der Waals surface area contributed by atoms with E-state index in [-0.39, 0.29) is 24.5 Å². The molecule has 2 aromatic rings. The van der Waals surface area contributed by atoms with Gasteiger partial charge in [0.15, 0.2) is 0 Å². The number of nitrogens with one attached hydrogen (secondary N) is 2. The molecule has 108 valence electrons. The van der Waals surface area contributed by atoms with Gasteiger partial charge in [-0.25, -0.2) is 0 Å². The molecule has 1 amide bonds. The second-order valence-electron chi connectivity index (χ2n) is 5.25. The van der Waals surface area contributed by atoms with Gasteiger partial charge in [0, 0.05) is 28.6 Å². The molecule has 0 bridgehead atoms. The number of rotatable bonds is 5. The maximum Gasteiger partial charge on any atom is 0.267 e. The van der Waals surface area contributed by atoms with E-state index in [9.17, 15) is 4.79 Å². The summed E-state index contributed by atoms with van der Waals surface area (Å²) in [7, 11) is 0. The zero-order chi connectivity index (χ0) is 14.7. The summed E-state index contributed by atoms with van der Waals surface area (Å²) in [5.74, 6) is 0.106. The fraction of sp³-hybridized carbons (Fsp3) is 0.400. The van der Waals surface area contributed by atoms with Crippen LogP contribution in [0.3, 0.4) is 0 Å². The molecule has 1 aromatic carbocycles. The molecule has 0 fully saturated rings. The van der Waals surface area contributed by atoms with Crippen LogP contribution in [-0.2, 0) is 0 Å². The van der Waals surface area contributed by atoms with E-state index in [1.54, 1.807) is 18.2 Å². The Balaban J connectivity index is 2.18. The highest BCUT2D eigenvalue weighted by Crippen LogP contribution is 2.20. The lowest BCUT2D eigenvalue weighted by molar-refractivity contribution is 0.0912. The molecule has 5 heteroatoms. The first-order valence-corrected chi connectivity index (χ1v) is 7.09. The molecular weight excluding hydrogens is 276 g/mol. The maximum atomic E-state index is 12.2. The second kappa shape index (κ2) is 6.29. The fourth-order valence-corrected chi connectivity index (χ4v) is 2.35. The second-order valence-corrected chi connectivity index (χ2v) is 5.69. The summed E-state index contributed by atoms with van der Waals surface area (Å²) in [5.41, 5.74) is 1.34. The van der Waals surface area contributed by atoms with Crippen LogP contribution in [0.1, 0.15) is 30.8 Å². The molecule has 0 spiro atoms. The lowest BCUT2D eigenvalue weighted by Gasteiger charge is -2.21. The number of aromatic amines is 1. The van der Waals surface area contributed by atoms with Gasteiger partial charge in [0.2, 0.25) is 0 Å². The molecule has 4 nitrogen and oxygen atoms in total. The lowest BCUT2D eigenvalue weighted by Crippen LogP contribution is -2.39. The van der Waals surface area contributed by atoms with E-state index in [1.807, 2.05) is 19.9 Å². The Labute approximate surface area is 123 Å². The number of H-pyrrole nitrogens is 1. The number of aliphatic hydroxyl groups is 1. The zero-order valence-electron chi connectivity index (χ0n) is 11.6. The summed E-state index contributed by atoms with van der Waals surface area (Å²) in [6.45, 7) is 4.10. The molecule has 1 aromatic heterocycles. The van der Waals surface area contributed by atoms with Crippen LogP contribution >= 0.6 is 11.6 Å². The van der Waals surface area contributed by atoms with Crippen molar-refractivity contribution in [3.63, 3.8) is 0 Å². The lowest BCUT2D eigenvalue weighted by atomic mass is 10.0. The van der Waals surface area contributed by atoms with E-state index in [0.29, 0.717) is 17.1 Å². The first-order valence-electron chi connectivity index (χ1n) is 6.71. The Morgan fingerprint density at radius 1 is 1.40 bits per heavy atom. The summed E-state index contributed by atoms with van der Waals surface area (Å²) < 4.78 is 0. The molecule has 1 atom stereocenters. The van der Waals surface area contributed by atoms with E-state index in [1.165, 1.54) is 0 Å². The average Bonchev–Trinajstić information content (AvgIpc) is 2.80. The summed E-state index contributed by atoms with van der Waals surface area (Å²) in [6.07, 6.45) is 0.551. The quantitative estimate of drug-likeness (QED) is 0.794. The number of carbonyl (C=O) groups is 1. The zero-order valence-corrected chi connectivity index (χ0v) is 12.4. The van der Waals surface area contributed by atoms with Crippen LogP contribution in [-0.4, -0.2) is 28.6 Å². The largest absolute Gasteiger partial charge is 0.396 e. The van der Waals surface area contributed by atoms with E-state index < -0.39 is 0 Å². The molecule has 20 heavy (non-hydrogen) atoms. The number of halogens is 1. The number of aromatic nitrogens is 1. The number of aliphatic hydroxyl groups excluding tert-OH is 1. The third kappa shape index (κ3) is 3.32. The Kier molecular flexibility index (Phi) is 4.68. The molecule has 0 aliphatic rings. The van der Waals surface area contributed by atoms with Gasteiger partial charge >= 0.3 is 0 Å². The number of hydrogen-bond acceptors (Lipinski definition) is 2. The highest BCUT2D eigenvalue weighted by Gasteiger charge is 2.17. The van der Waals surface area contributed by atoms with Gasteiger partial charge in [-0.15, -0.1) is 0 Å². The molecule has 0 saturated heterocycles. The van der Waals surface area contributed by atoms with Crippen LogP contribution in [0.2, 0.25) is 5.02 Å². The van der Waals surface area contributed by atoms with Gasteiger partial charge in [0.1, 0.15) is 5.69 Å². The van der Waals surface area contributed by atoms with Gasteiger partial charge in [0.25, 0.3) is 5.91 Å². The minimum absolute atomic E-state index is 0.0394. The monoisotopic (exact) mass is 294 g/mol. The van der Waals surface area contributed by atoms with Crippen molar-refractivity contribution in [2.24, 2.45) is 5.92 Å². The Morgan fingerprint density at radius 2 is 2.15 bits per heavy atom. The van der Waals surface area contributed by atoms with Gasteiger partial charge in [0.05, 0.1) is 0 Å². The van der Waals surface area contributed by atoms with Gasteiger partial charge in [-0.1, -0.05) is 31.5 Å². The standard InChI is InChI=1S/C15H19ClN2O2/c1-9(2)12(5-6-19)18-15(20)14-7-10-3-4-11(16)8-13(10)17-14/h3-4,7-9,12,17,19H,5-6H2,1-2H3,(H,18,20). The van der Waals surface area contributed by atoms with Gasteiger partial charge in [-0.05, 0) is 30.5 Å². The first kappa shape index (κ1) is 14.9. The third-order valence-electron chi connectivity index (χ3n) is 3.39. The number of benzene rings is 1. The summed E-state index contributed by atoms with van der Waals surface area (Å²) in [6, 6.07) is 7.22. The molecule has 0 aliphatic heterocycles. The van der Waals surface area contributed by atoms with Crippen molar-refractivity contribution in [1.82, 2.24) is 10.3 Å². The number of amides is 1. The van der Waals surface area contributed by atoms with Crippen molar-refractivity contribution in [2.45, 2.75) is 26.3 Å². The highest BCUT2D eigenvalue weighted by atomic mass is 35.5. The van der Waals surface area contributed by atoms with Gasteiger partial charge in [-0.3, -0.25) is 4.79 Å². The number of carbonyl (C=O) groups excluding carboxylic acids is 1. The Morgan fingerprint density at radius 3 is 2.80 bits per heavy atom. The van der Waals surface area contributed by atoms with Crippen LogP contribution in [0, 0.1) is 5.92 Å². The molecule has 1 heterocycles. The van der Waals surface area contributed by atoms with Crippen molar-refractivity contribution >= 4 is 28.4 Å². The molecule has 0 aliphatic carbocycles. The summed E-state index contributed by atoms with van der Waals surface area (Å²) >= 11 is 5.93. The smallest absolute Gasteiger partial charge is 0.267 e. The predicted molar refractivity (Wildman–Crippen MR) is 81.1 cm³/mol. The van der Waals surface area contributed by atoms with Gasteiger partial charge < -0.3 is 15.4 Å². The van der Waals surface area contributed by atoms with Crippen molar-refractivity contribution in [3.8, 4) is 0 Å². The van der Waals surface area contributed by atoms with Crippen LogP contribution in [0.25, 0.3) is 10.9 Å². The molecule has 0 saturated carbocycles. The maximum absolute atomic E-state index is 12.2. The SMILES string of the molecule is CC(C)C(CCO)NC(=O)c1cc2ccc(Cl)cc2[nH]1. The fourth-order valence-electron chi connectivity index (χ4n) is 2.18. The topological polar surface area (TPSA) is 65.1 Å². The van der Waals surface area contributed by atoms with E-state index in [2.05, 4.69) is 10.3 Å². The van der Waals surface area contributed by atoms with Crippen LogP contribution in [0.4, 0.5) is 0 Å². The predicted octanol–water partition coefficient (Wildman–Crippen LogP) is 2.96. The van der Waals surface area contributed by atoms with Crippen LogP contribution < -0.4 is 5.32 Å². The molecule has 0 radical (unpaired) electrons. The van der Waals surface area contributed by atoms with E-state index in [0.717, 1.165) is 10.9 Å². The average molecular weight is 295 g/mol. The number of fused-ring (bicyclic) bond motifs is 1. The van der Waals surface area contributed by atoms with Crippen LogP contribution in [0.15, 0.2) is 24.3 Å². The molecule has 2 rings (SSSR count). The summed E-state index contributed by atoms with van der Waals surface area (Å²) in [4.78, 5) is 15.3. The van der Waals surface area contributed by atoms with E-state index >= 15 is 0 Å². The van der Waals surface area contributed by atoms with Crippen LogP contribution in [0.5, 0.6) is 0 Å². The minimum atomic E-state index is -0.163. The Bertz CT molecular complexity index is 607. The third-order valence-corrected chi connectivity index (χ3v) is 3.63. The highest BCUT2D eigenvalue weighted by molar-refractivity contribution is 6.31. The van der Waals surface area contributed by atoms with Crippen molar-refractivity contribution in [1.29, 1.82) is 0 Å². The van der Waals surface area contributed by atoms with E-state index in [4.69, 9.17) is 16.7 Å². The van der Waals surface area contributed by atoms with Gasteiger partial charge in [-0.2, -0.15) is 0 Å².